The summed E-state index contributed by atoms with van der Waals surface area (Å²) in [6.07, 6.45) is -0.0834. The standard InChI is InChI=1S/C20H24F2N2O2S/c1-13-6-15-7-17(4-5-18(15)26-13)25-10-19-14(2)24(12-27-19)16-8-20(21,22)11-23(3)9-16/h4-7,16H,8-12H2,1-3H3. The van der Waals surface area contributed by atoms with Gasteiger partial charge in [-0.1, -0.05) is 0 Å². The molecule has 0 spiro atoms. The molecule has 2 aliphatic rings. The minimum Gasteiger partial charge on any atom is -0.488 e. The highest BCUT2D eigenvalue weighted by Crippen LogP contribution is 2.38. The van der Waals surface area contributed by atoms with E-state index in [1.165, 1.54) is 0 Å². The molecule has 1 atom stereocenters. The maximum Gasteiger partial charge on any atom is 0.262 e. The van der Waals surface area contributed by atoms with Gasteiger partial charge in [-0.25, -0.2) is 8.78 Å². The number of allylic oxidation sites excluding steroid dienone is 1. The number of furan rings is 1. The Morgan fingerprint density at radius 1 is 1.30 bits per heavy atom. The lowest BCUT2D eigenvalue weighted by molar-refractivity contribution is -0.0814. The molecule has 1 saturated heterocycles. The number of benzene rings is 1. The van der Waals surface area contributed by atoms with Gasteiger partial charge in [-0.3, -0.25) is 4.90 Å². The number of alkyl halides is 2. The smallest absolute Gasteiger partial charge is 0.262 e. The third-order valence-electron chi connectivity index (χ3n) is 5.19. The van der Waals surface area contributed by atoms with Gasteiger partial charge in [0.1, 0.15) is 23.7 Å². The van der Waals surface area contributed by atoms with Crippen LogP contribution in [-0.2, 0) is 0 Å². The Labute approximate surface area is 162 Å². The molecule has 0 bridgehead atoms. The lowest BCUT2D eigenvalue weighted by Gasteiger charge is -2.40. The Bertz CT molecular complexity index is 880. The van der Waals surface area contributed by atoms with Crippen LogP contribution in [-0.4, -0.2) is 54.4 Å². The van der Waals surface area contributed by atoms with E-state index >= 15 is 0 Å². The minimum atomic E-state index is -2.62. The van der Waals surface area contributed by atoms with Crippen molar-refractivity contribution in [1.82, 2.24) is 9.80 Å². The SMILES string of the molecule is CC1=C(COc2ccc3oc(C)cc3c2)SCN1C1CN(C)CC(F)(F)C1. The highest BCUT2D eigenvalue weighted by Gasteiger charge is 2.42. The average molecular weight is 394 g/mol. The molecule has 0 aliphatic carbocycles. The van der Waals surface area contributed by atoms with Crippen molar-refractivity contribution < 1.29 is 17.9 Å². The maximum atomic E-state index is 14.0. The Hall–Kier alpha value is -1.73. The topological polar surface area (TPSA) is 28.9 Å². The molecular formula is C20H24F2N2O2S. The van der Waals surface area contributed by atoms with Gasteiger partial charge in [-0.15, -0.1) is 11.8 Å². The molecule has 4 nitrogen and oxygen atoms in total. The number of halogens is 2. The number of rotatable bonds is 4. The van der Waals surface area contributed by atoms with E-state index in [0.29, 0.717) is 19.0 Å². The zero-order chi connectivity index (χ0) is 19.2. The molecule has 3 heterocycles. The zero-order valence-electron chi connectivity index (χ0n) is 15.8. The molecule has 2 aromatic rings. The molecule has 1 aromatic heterocycles. The van der Waals surface area contributed by atoms with E-state index in [-0.39, 0.29) is 19.0 Å². The fourth-order valence-electron chi connectivity index (χ4n) is 3.93. The van der Waals surface area contributed by atoms with Crippen molar-refractivity contribution in [2.45, 2.75) is 32.2 Å². The molecule has 0 radical (unpaired) electrons. The van der Waals surface area contributed by atoms with Crippen LogP contribution in [0.1, 0.15) is 19.1 Å². The molecule has 0 saturated carbocycles. The fraction of sp³-hybridized carbons (Fsp3) is 0.500. The summed E-state index contributed by atoms with van der Waals surface area (Å²) in [4.78, 5) is 4.94. The van der Waals surface area contributed by atoms with Crippen molar-refractivity contribution in [3.05, 3.63) is 40.6 Å². The highest BCUT2D eigenvalue weighted by atomic mass is 32.2. The number of hydrogen-bond acceptors (Lipinski definition) is 5. The van der Waals surface area contributed by atoms with Gasteiger partial charge in [0.05, 0.1) is 12.4 Å². The second kappa shape index (κ2) is 7.02. The Kier molecular flexibility index (Phi) is 4.84. The van der Waals surface area contributed by atoms with Gasteiger partial charge in [0.2, 0.25) is 0 Å². The molecule has 1 unspecified atom stereocenters. The van der Waals surface area contributed by atoms with Crippen LogP contribution in [0, 0.1) is 6.92 Å². The summed E-state index contributed by atoms with van der Waals surface area (Å²) in [5, 5.41) is 1.02. The largest absolute Gasteiger partial charge is 0.488 e. The van der Waals surface area contributed by atoms with E-state index < -0.39 is 5.92 Å². The van der Waals surface area contributed by atoms with Crippen molar-refractivity contribution in [3.63, 3.8) is 0 Å². The number of likely N-dealkylation sites (tertiary alicyclic amines) is 1. The van der Waals surface area contributed by atoms with Crippen LogP contribution in [0.15, 0.2) is 39.3 Å². The molecule has 146 valence electrons. The molecule has 1 fully saturated rings. The number of nitrogens with zero attached hydrogens (tertiary/aromatic N) is 2. The average Bonchev–Trinajstić information content (AvgIpc) is 3.12. The van der Waals surface area contributed by atoms with Gasteiger partial charge >= 0.3 is 0 Å². The van der Waals surface area contributed by atoms with E-state index in [1.807, 2.05) is 38.1 Å². The summed E-state index contributed by atoms with van der Waals surface area (Å²) in [6, 6.07) is 7.60. The quantitative estimate of drug-likeness (QED) is 0.750. The lowest BCUT2D eigenvalue weighted by atomic mass is 10.0. The van der Waals surface area contributed by atoms with Crippen LogP contribution < -0.4 is 4.74 Å². The summed E-state index contributed by atoms with van der Waals surface area (Å²) in [7, 11) is 1.76. The molecule has 27 heavy (non-hydrogen) atoms. The number of aryl methyl sites for hydroxylation is 1. The van der Waals surface area contributed by atoms with Gasteiger partial charge in [-0.05, 0) is 45.2 Å². The summed E-state index contributed by atoms with van der Waals surface area (Å²) in [5.41, 5.74) is 1.90. The molecule has 1 aromatic carbocycles. The molecule has 0 N–H and O–H groups in total. The van der Waals surface area contributed by atoms with Crippen LogP contribution >= 0.6 is 11.8 Å². The van der Waals surface area contributed by atoms with E-state index in [0.717, 1.165) is 33.1 Å². The second-order valence-corrected chi connectivity index (χ2v) is 8.55. The Balaban J connectivity index is 1.44. The van der Waals surface area contributed by atoms with Crippen molar-refractivity contribution >= 4 is 22.7 Å². The number of thioether (sulfide) groups is 1. The first-order valence-corrected chi connectivity index (χ1v) is 10.1. The van der Waals surface area contributed by atoms with Crippen molar-refractivity contribution in [3.8, 4) is 5.75 Å². The van der Waals surface area contributed by atoms with E-state index in [4.69, 9.17) is 9.15 Å². The van der Waals surface area contributed by atoms with Crippen LogP contribution in [0.25, 0.3) is 11.0 Å². The number of hydrogen-bond donors (Lipinski definition) is 0. The zero-order valence-corrected chi connectivity index (χ0v) is 16.6. The number of ether oxygens (including phenoxy) is 1. The minimum absolute atomic E-state index is 0.0834. The first-order valence-electron chi connectivity index (χ1n) is 9.09. The molecular weight excluding hydrogens is 370 g/mol. The van der Waals surface area contributed by atoms with Gasteiger partial charge < -0.3 is 14.1 Å². The molecule has 7 heteroatoms. The summed E-state index contributed by atoms with van der Waals surface area (Å²) in [5.74, 6) is -0.262. The van der Waals surface area contributed by atoms with E-state index in [2.05, 4.69) is 4.90 Å². The third-order valence-corrected chi connectivity index (χ3v) is 6.36. The second-order valence-electron chi connectivity index (χ2n) is 7.51. The van der Waals surface area contributed by atoms with Gasteiger partial charge in [-0.2, -0.15) is 0 Å². The number of fused-ring (bicyclic) bond motifs is 1. The number of likely N-dealkylation sites (N-methyl/N-ethyl adjacent to an activating group) is 1. The van der Waals surface area contributed by atoms with E-state index in [1.54, 1.807) is 23.7 Å². The van der Waals surface area contributed by atoms with Crippen LogP contribution in [0.3, 0.4) is 0 Å². The van der Waals surface area contributed by atoms with Gasteiger partial charge in [0, 0.05) is 35.0 Å². The predicted octanol–water partition coefficient (Wildman–Crippen LogP) is 4.70. The van der Waals surface area contributed by atoms with Crippen molar-refractivity contribution in [1.29, 1.82) is 0 Å². The van der Waals surface area contributed by atoms with Gasteiger partial charge in [0.25, 0.3) is 5.92 Å². The van der Waals surface area contributed by atoms with E-state index in [9.17, 15) is 8.78 Å². The first kappa shape index (κ1) is 18.6. The summed E-state index contributed by atoms with van der Waals surface area (Å²) in [6.45, 7) is 4.89. The monoisotopic (exact) mass is 394 g/mol. The van der Waals surface area contributed by atoms with Crippen LogP contribution in [0.2, 0.25) is 0 Å². The first-order chi connectivity index (χ1) is 12.8. The normalized spacial score (nSPS) is 23.4. The van der Waals surface area contributed by atoms with Crippen molar-refractivity contribution in [2.75, 3.05) is 32.6 Å². The lowest BCUT2D eigenvalue weighted by Crippen LogP contribution is -2.53. The molecule has 2 aliphatic heterocycles. The highest BCUT2D eigenvalue weighted by molar-refractivity contribution is 8.03. The van der Waals surface area contributed by atoms with Crippen LogP contribution in [0.5, 0.6) is 5.75 Å². The molecule has 4 rings (SSSR count). The number of piperidine rings is 1. The summed E-state index contributed by atoms with van der Waals surface area (Å²) < 4.78 is 39.5. The Morgan fingerprint density at radius 3 is 2.89 bits per heavy atom. The molecule has 0 amide bonds. The van der Waals surface area contributed by atoms with Crippen LogP contribution in [0.4, 0.5) is 8.78 Å². The fourth-order valence-corrected chi connectivity index (χ4v) is 5.10. The third kappa shape index (κ3) is 3.94. The summed E-state index contributed by atoms with van der Waals surface area (Å²) >= 11 is 1.68. The van der Waals surface area contributed by atoms with Gasteiger partial charge in [0.15, 0.2) is 0 Å². The van der Waals surface area contributed by atoms with Crippen molar-refractivity contribution in [2.24, 2.45) is 0 Å². The maximum absolute atomic E-state index is 14.0. The predicted molar refractivity (Wildman–Crippen MR) is 104 cm³/mol. The Morgan fingerprint density at radius 2 is 2.11 bits per heavy atom.